The third-order valence-corrected chi connectivity index (χ3v) is 6.23. The Bertz CT molecular complexity index is 1310. The highest BCUT2D eigenvalue weighted by Crippen LogP contribution is 2.32. The summed E-state index contributed by atoms with van der Waals surface area (Å²) in [4.78, 5) is 32.4. The second-order valence-electron chi connectivity index (χ2n) is 7.39. The van der Waals surface area contributed by atoms with Gasteiger partial charge in [-0.25, -0.2) is 9.50 Å². The highest BCUT2D eigenvalue weighted by molar-refractivity contribution is 7.98. The minimum absolute atomic E-state index is 0.0573. The fourth-order valence-corrected chi connectivity index (χ4v) is 4.56. The quantitative estimate of drug-likeness (QED) is 0.264. The summed E-state index contributed by atoms with van der Waals surface area (Å²) in [5.41, 5.74) is 3.35. The van der Waals surface area contributed by atoms with Crippen molar-refractivity contribution in [2.45, 2.75) is 29.7 Å². The second-order valence-corrected chi connectivity index (χ2v) is 8.34. The molecule has 2 heterocycles. The number of rotatable bonds is 5. The number of thioether (sulfide) groups is 1. The molecule has 0 saturated carbocycles. The second kappa shape index (κ2) is 7.92. The van der Waals surface area contributed by atoms with E-state index in [2.05, 4.69) is 15.1 Å². The number of Topliss-reactive ketones (excluding diaryl/α,β-unsaturated/α-hetero) is 1. The molecule has 2 aromatic heterocycles. The summed E-state index contributed by atoms with van der Waals surface area (Å²) in [6.45, 7) is 0. The van der Waals surface area contributed by atoms with Crippen molar-refractivity contribution >= 4 is 29.0 Å². The lowest BCUT2D eigenvalue weighted by Crippen LogP contribution is -2.21. The summed E-state index contributed by atoms with van der Waals surface area (Å²) >= 11 is 1.37. The zero-order chi connectivity index (χ0) is 21.4. The molecule has 0 amide bonds. The van der Waals surface area contributed by atoms with Gasteiger partial charge in [-0.2, -0.15) is 4.98 Å². The molecule has 0 aliphatic heterocycles. The molecule has 8 nitrogen and oxygen atoms in total. The Morgan fingerprint density at radius 2 is 1.94 bits per heavy atom. The first-order chi connectivity index (χ1) is 15.1. The Labute approximate surface area is 181 Å². The lowest BCUT2D eigenvalue weighted by Gasteiger charge is -2.22. The molecule has 31 heavy (non-hydrogen) atoms. The number of hydrogen-bond acceptors (Lipinski definition) is 7. The first-order valence-electron chi connectivity index (χ1n) is 9.77. The van der Waals surface area contributed by atoms with Gasteiger partial charge in [-0.05, 0) is 23.5 Å². The van der Waals surface area contributed by atoms with Crippen molar-refractivity contribution in [3.63, 3.8) is 0 Å². The Balaban J connectivity index is 1.38. The molecule has 2 aromatic carbocycles. The summed E-state index contributed by atoms with van der Waals surface area (Å²) in [6.07, 6.45) is 2.85. The minimum Gasteiger partial charge on any atom is -0.294 e. The van der Waals surface area contributed by atoms with Gasteiger partial charge in [0.25, 0.3) is 11.5 Å². The number of aromatic nitrogens is 4. The largest absolute Gasteiger partial charge is 0.294 e. The number of nitrogens with zero attached hydrogens (tertiary/aromatic N) is 5. The van der Waals surface area contributed by atoms with Gasteiger partial charge in [0, 0.05) is 30.5 Å². The standard InChI is InChI=1S/C22H17N5O3S/c28-20-11-16(15-6-2-1-3-7-15)10-19-18(20)12-26-21(23-19)24-22(25-26)31-13-14-5-4-8-17(9-14)27(29)30/h1-9,12,16H,10-11,13H2. The monoisotopic (exact) mass is 431 g/mol. The van der Waals surface area contributed by atoms with E-state index in [1.54, 1.807) is 18.3 Å². The van der Waals surface area contributed by atoms with E-state index in [0.29, 0.717) is 35.1 Å². The van der Waals surface area contributed by atoms with Gasteiger partial charge in [0.2, 0.25) is 5.16 Å². The fraction of sp³-hybridized carbons (Fsp3) is 0.182. The maximum atomic E-state index is 12.8. The van der Waals surface area contributed by atoms with Crippen LogP contribution in [0.15, 0.2) is 66.0 Å². The number of non-ortho nitro benzene ring substituents is 1. The molecule has 1 aliphatic rings. The Kier molecular flexibility index (Phi) is 4.95. The maximum Gasteiger partial charge on any atom is 0.269 e. The predicted molar refractivity (Wildman–Crippen MR) is 115 cm³/mol. The van der Waals surface area contributed by atoms with Crippen LogP contribution in [0.25, 0.3) is 5.78 Å². The van der Waals surface area contributed by atoms with Gasteiger partial charge in [0.05, 0.1) is 16.2 Å². The van der Waals surface area contributed by atoms with Gasteiger partial charge >= 0.3 is 0 Å². The third-order valence-electron chi connectivity index (χ3n) is 5.32. The van der Waals surface area contributed by atoms with Gasteiger partial charge in [0.1, 0.15) is 0 Å². The van der Waals surface area contributed by atoms with E-state index >= 15 is 0 Å². The molecule has 5 rings (SSSR count). The average molecular weight is 431 g/mol. The van der Waals surface area contributed by atoms with Crippen LogP contribution in [0.4, 0.5) is 5.69 Å². The molecule has 9 heteroatoms. The lowest BCUT2D eigenvalue weighted by atomic mass is 9.82. The molecule has 0 saturated heterocycles. The van der Waals surface area contributed by atoms with E-state index in [9.17, 15) is 14.9 Å². The van der Waals surface area contributed by atoms with Gasteiger partial charge in [-0.15, -0.1) is 5.10 Å². The zero-order valence-corrected chi connectivity index (χ0v) is 17.2. The molecule has 1 aliphatic carbocycles. The van der Waals surface area contributed by atoms with Crippen molar-refractivity contribution in [3.8, 4) is 0 Å². The first kappa shape index (κ1) is 19.4. The molecule has 4 aromatic rings. The summed E-state index contributed by atoms with van der Waals surface area (Å²) in [6, 6.07) is 16.5. The van der Waals surface area contributed by atoms with Gasteiger partial charge in [-0.3, -0.25) is 14.9 Å². The number of nitro groups is 1. The zero-order valence-electron chi connectivity index (χ0n) is 16.3. The highest BCUT2D eigenvalue weighted by atomic mass is 32.2. The van der Waals surface area contributed by atoms with Crippen molar-refractivity contribution in [1.82, 2.24) is 19.6 Å². The van der Waals surface area contributed by atoms with Crippen LogP contribution < -0.4 is 0 Å². The smallest absolute Gasteiger partial charge is 0.269 e. The van der Waals surface area contributed by atoms with Crippen LogP contribution in [0.2, 0.25) is 0 Å². The summed E-state index contributed by atoms with van der Waals surface area (Å²) in [7, 11) is 0. The van der Waals surface area contributed by atoms with Crippen LogP contribution in [0, 0.1) is 10.1 Å². The summed E-state index contributed by atoms with van der Waals surface area (Å²) in [5, 5.41) is 15.9. The number of benzene rings is 2. The van der Waals surface area contributed by atoms with E-state index < -0.39 is 4.92 Å². The van der Waals surface area contributed by atoms with Crippen LogP contribution in [0.3, 0.4) is 0 Å². The van der Waals surface area contributed by atoms with E-state index in [1.807, 2.05) is 36.4 Å². The molecule has 1 atom stereocenters. The Morgan fingerprint density at radius 1 is 1.10 bits per heavy atom. The molecule has 1 unspecified atom stereocenters. The Hall–Kier alpha value is -3.59. The van der Waals surface area contributed by atoms with Gasteiger partial charge < -0.3 is 0 Å². The van der Waals surface area contributed by atoms with Crippen molar-refractivity contribution in [3.05, 3.63) is 93.3 Å². The van der Waals surface area contributed by atoms with E-state index in [4.69, 9.17) is 0 Å². The average Bonchev–Trinajstić information content (AvgIpc) is 3.19. The van der Waals surface area contributed by atoms with Crippen molar-refractivity contribution in [1.29, 1.82) is 0 Å². The van der Waals surface area contributed by atoms with E-state index in [0.717, 1.165) is 16.8 Å². The topological polar surface area (TPSA) is 103 Å². The number of carbonyl (C=O) groups is 1. The lowest BCUT2D eigenvalue weighted by molar-refractivity contribution is -0.384. The molecule has 0 radical (unpaired) electrons. The summed E-state index contributed by atoms with van der Waals surface area (Å²) < 4.78 is 1.54. The van der Waals surface area contributed by atoms with Crippen LogP contribution in [0.5, 0.6) is 0 Å². The van der Waals surface area contributed by atoms with Gasteiger partial charge in [-0.1, -0.05) is 54.2 Å². The van der Waals surface area contributed by atoms with E-state index in [1.165, 1.54) is 22.3 Å². The number of ketones is 1. The minimum atomic E-state index is -0.411. The SMILES string of the molecule is O=C1CC(c2ccccc2)Cc2nc3nc(SCc4cccc([N+](=O)[O-])c4)nn3cc21. The number of carbonyl (C=O) groups excluding carboxylic acids is 1. The van der Waals surface area contributed by atoms with E-state index in [-0.39, 0.29) is 17.4 Å². The van der Waals surface area contributed by atoms with Crippen LogP contribution in [-0.4, -0.2) is 30.3 Å². The third kappa shape index (κ3) is 3.91. The number of fused-ring (bicyclic) bond motifs is 2. The fourth-order valence-electron chi connectivity index (χ4n) is 3.79. The molecule has 0 spiro atoms. The molecule has 0 bridgehead atoms. The van der Waals surface area contributed by atoms with Crippen LogP contribution in [0.1, 0.15) is 39.5 Å². The molecule has 154 valence electrons. The highest BCUT2D eigenvalue weighted by Gasteiger charge is 2.28. The van der Waals surface area contributed by atoms with Crippen LogP contribution in [-0.2, 0) is 12.2 Å². The predicted octanol–water partition coefficient (Wildman–Crippen LogP) is 4.24. The number of nitro benzene ring substituents is 1. The number of hydrogen-bond donors (Lipinski definition) is 0. The first-order valence-corrected chi connectivity index (χ1v) is 10.8. The molecule has 0 N–H and O–H groups in total. The molecule has 0 fully saturated rings. The molecular weight excluding hydrogens is 414 g/mol. The summed E-state index contributed by atoms with van der Waals surface area (Å²) in [5.74, 6) is 1.11. The molecular formula is C22H17N5O3S. The normalized spacial score (nSPS) is 15.7. The van der Waals surface area contributed by atoms with Crippen molar-refractivity contribution < 1.29 is 9.72 Å². The van der Waals surface area contributed by atoms with Gasteiger partial charge in [0.15, 0.2) is 5.78 Å². The van der Waals surface area contributed by atoms with Crippen LogP contribution >= 0.6 is 11.8 Å². The van der Waals surface area contributed by atoms with Crippen molar-refractivity contribution in [2.75, 3.05) is 0 Å². The maximum absolute atomic E-state index is 12.8. The Morgan fingerprint density at radius 3 is 2.74 bits per heavy atom. The van der Waals surface area contributed by atoms with Crippen molar-refractivity contribution in [2.24, 2.45) is 0 Å².